The second-order valence-electron chi connectivity index (χ2n) is 3.78. The Kier molecular flexibility index (Phi) is 5.94. The van der Waals surface area contributed by atoms with Crippen molar-refractivity contribution >= 4 is 23.9 Å². The van der Waals surface area contributed by atoms with Gasteiger partial charge in [0.2, 0.25) is 0 Å². The molecule has 0 heterocycles. The van der Waals surface area contributed by atoms with Crippen LogP contribution in [0.1, 0.15) is 10.4 Å². The van der Waals surface area contributed by atoms with Crippen molar-refractivity contribution in [3.05, 3.63) is 35.5 Å². The molecule has 21 heavy (non-hydrogen) atoms. The number of benzene rings is 1. The number of nitrogens with one attached hydrogen (secondary N) is 1. The number of ether oxygens (including phenoxy) is 3. The molecule has 0 aromatic heterocycles. The first kappa shape index (κ1) is 16.2. The molecule has 0 unspecified atom stereocenters. The van der Waals surface area contributed by atoms with Gasteiger partial charge in [0.1, 0.15) is 17.7 Å². The molecule has 7 heteroatoms. The molecule has 0 fully saturated rings. The molecule has 0 saturated heterocycles. The van der Waals surface area contributed by atoms with Crippen LogP contribution in [0.25, 0.3) is 0 Å². The zero-order valence-electron chi connectivity index (χ0n) is 11.8. The molecular weight excluding hydrogens is 278 g/mol. The third-order valence-corrected chi connectivity index (χ3v) is 2.50. The summed E-state index contributed by atoms with van der Waals surface area (Å²) >= 11 is 0. The smallest absolute Gasteiger partial charge is 0.354 e. The molecule has 0 aliphatic carbocycles. The normalized spacial score (nSPS) is 10.5. The van der Waals surface area contributed by atoms with Gasteiger partial charge in [-0.2, -0.15) is 0 Å². The van der Waals surface area contributed by atoms with E-state index in [0.717, 1.165) is 6.08 Å². The number of hydrogen-bond donors (Lipinski definition) is 1. The monoisotopic (exact) mass is 293 g/mol. The van der Waals surface area contributed by atoms with Crippen LogP contribution in [0.3, 0.4) is 0 Å². The molecular formula is C14H15NO6. The Balaban J connectivity index is 3.19. The van der Waals surface area contributed by atoms with Gasteiger partial charge in [0.05, 0.1) is 33.1 Å². The van der Waals surface area contributed by atoms with Gasteiger partial charge >= 0.3 is 11.9 Å². The Morgan fingerprint density at radius 2 is 1.86 bits per heavy atom. The zero-order chi connectivity index (χ0) is 15.8. The van der Waals surface area contributed by atoms with E-state index in [2.05, 4.69) is 14.8 Å². The number of methoxy groups -OCH3 is 3. The van der Waals surface area contributed by atoms with Gasteiger partial charge < -0.3 is 19.5 Å². The highest BCUT2D eigenvalue weighted by atomic mass is 16.5. The van der Waals surface area contributed by atoms with E-state index in [0.29, 0.717) is 23.3 Å². The lowest BCUT2D eigenvalue weighted by molar-refractivity contribution is -0.138. The van der Waals surface area contributed by atoms with Crippen LogP contribution < -0.4 is 10.1 Å². The van der Waals surface area contributed by atoms with E-state index >= 15 is 0 Å². The second kappa shape index (κ2) is 7.68. The number of esters is 2. The minimum atomic E-state index is -0.765. The Morgan fingerprint density at radius 1 is 1.14 bits per heavy atom. The lowest BCUT2D eigenvalue weighted by Gasteiger charge is -2.13. The van der Waals surface area contributed by atoms with Crippen molar-refractivity contribution in [1.82, 2.24) is 0 Å². The molecule has 0 aliphatic rings. The highest BCUT2D eigenvalue weighted by Crippen LogP contribution is 2.26. The molecule has 0 bridgehead atoms. The van der Waals surface area contributed by atoms with E-state index in [1.165, 1.54) is 27.4 Å². The van der Waals surface area contributed by atoms with Gasteiger partial charge in [-0.25, -0.2) is 9.59 Å². The molecule has 0 atom stereocenters. The van der Waals surface area contributed by atoms with Crippen LogP contribution in [-0.4, -0.2) is 39.6 Å². The molecule has 1 aromatic rings. The van der Waals surface area contributed by atoms with Crippen LogP contribution in [0.5, 0.6) is 5.75 Å². The van der Waals surface area contributed by atoms with Gasteiger partial charge in [-0.1, -0.05) is 0 Å². The van der Waals surface area contributed by atoms with Crippen LogP contribution in [0.4, 0.5) is 5.69 Å². The summed E-state index contributed by atoms with van der Waals surface area (Å²) in [6.07, 6.45) is 1.59. The molecule has 7 nitrogen and oxygen atoms in total. The summed E-state index contributed by atoms with van der Waals surface area (Å²) in [6, 6.07) is 4.58. The Morgan fingerprint density at radius 3 is 2.38 bits per heavy atom. The Hall–Kier alpha value is -2.83. The molecule has 0 radical (unpaired) electrons. The maximum atomic E-state index is 11.7. The van der Waals surface area contributed by atoms with E-state index in [-0.39, 0.29) is 5.70 Å². The van der Waals surface area contributed by atoms with Gasteiger partial charge in [-0.3, -0.25) is 4.79 Å². The van der Waals surface area contributed by atoms with Crippen molar-refractivity contribution in [2.75, 3.05) is 26.6 Å². The van der Waals surface area contributed by atoms with Crippen molar-refractivity contribution in [2.45, 2.75) is 0 Å². The third kappa shape index (κ3) is 4.34. The van der Waals surface area contributed by atoms with Crippen molar-refractivity contribution in [3.63, 3.8) is 0 Å². The summed E-state index contributed by atoms with van der Waals surface area (Å²) < 4.78 is 14.2. The molecule has 0 aliphatic heterocycles. The summed E-state index contributed by atoms with van der Waals surface area (Å²) in [6.45, 7) is 0. The van der Waals surface area contributed by atoms with Gasteiger partial charge in [-0.05, 0) is 18.2 Å². The maximum absolute atomic E-state index is 11.7. The fraction of sp³-hybridized carbons (Fsp3) is 0.214. The van der Waals surface area contributed by atoms with Crippen molar-refractivity contribution in [1.29, 1.82) is 0 Å². The van der Waals surface area contributed by atoms with Crippen LogP contribution in [-0.2, 0) is 19.1 Å². The summed E-state index contributed by atoms with van der Waals surface area (Å²) in [5.74, 6) is -1.10. The maximum Gasteiger partial charge on any atom is 0.354 e. The lowest BCUT2D eigenvalue weighted by Crippen LogP contribution is -2.16. The molecule has 112 valence electrons. The topological polar surface area (TPSA) is 90.9 Å². The molecule has 1 rings (SSSR count). The zero-order valence-corrected chi connectivity index (χ0v) is 11.8. The SMILES string of the molecule is COC(=O)/C=C(/Nc1cc(C=O)ccc1OC)C(=O)OC. The first-order chi connectivity index (χ1) is 10.0. The Labute approximate surface area is 121 Å². The van der Waals surface area contributed by atoms with E-state index < -0.39 is 11.9 Å². The number of aldehydes is 1. The van der Waals surface area contributed by atoms with Crippen LogP contribution in [0.2, 0.25) is 0 Å². The van der Waals surface area contributed by atoms with Gasteiger partial charge in [0.15, 0.2) is 0 Å². The van der Waals surface area contributed by atoms with Crippen molar-refractivity contribution < 1.29 is 28.6 Å². The van der Waals surface area contributed by atoms with E-state index in [1.54, 1.807) is 12.1 Å². The average Bonchev–Trinajstić information content (AvgIpc) is 2.52. The number of hydrogen-bond acceptors (Lipinski definition) is 7. The molecule has 0 saturated carbocycles. The molecule has 1 aromatic carbocycles. The standard InChI is InChI=1S/C14H15NO6/c1-19-12-5-4-9(8-16)6-10(12)15-11(14(18)21-3)7-13(17)20-2/h4-8,15H,1-3H3/b11-7+. The largest absolute Gasteiger partial charge is 0.495 e. The van der Waals surface area contributed by atoms with Crippen molar-refractivity contribution in [2.24, 2.45) is 0 Å². The number of rotatable bonds is 6. The first-order valence-electron chi connectivity index (χ1n) is 5.84. The minimum absolute atomic E-state index is 0.148. The second-order valence-corrected chi connectivity index (χ2v) is 3.78. The molecule has 0 spiro atoms. The number of carbonyl (C=O) groups is 3. The van der Waals surface area contributed by atoms with Gasteiger partial charge in [-0.15, -0.1) is 0 Å². The van der Waals surface area contributed by atoms with Gasteiger partial charge in [0.25, 0.3) is 0 Å². The van der Waals surface area contributed by atoms with Crippen LogP contribution in [0, 0.1) is 0 Å². The fourth-order valence-corrected chi connectivity index (χ4v) is 1.47. The van der Waals surface area contributed by atoms with E-state index in [4.69, 9.17) is 4.74 Å². The fourth-order valence-electron chi connectivity index (χ4n) is 1.47. The third-order valence-electron chi connectivity index (χ3n) is 2.50. The molecule has 1 N–H and O–H groups in total. The van der Waals surface area contributed by atoms with Crippen molar-refractivity contribution in [3.8, 4) is 5.75 Å². The summed E-state index contributed by atoms with van der Waals surface area (Å²) in [7, 11) is 3.79. The average molecular weight is 293 g/mol. The summed E-state index contributed by atoms with van der Waals surface area (Å²) in [5, 5.41) is 2.69. The van der Waals surface area contributed by atoms with E-state index in [1.807, 2.05) is 0 Å². The predicted molar refractivity (Wildman–Crippen MR) is 74.1 cm³/mol. The molecule has 0 amide bonds. The quantitative estimate of drug-likeness (QED) is 0.478. The number of carbonyl (C=O) groups excluding carboxylic acids is 3. The highest BCUT2D eigenvalue weighted by molar-refractivity contribution is 5.99. The minimum Gasteiger partial charge on any atom is -0.495 e. The van der Waals surface area contributed by atoms with Crippen LogP contribution >= 0.6 is 0 Å². The van der Waals surface area contributed by atoms with E-state index in [9.17, 15) is 14.4 Å². The van der Waals surface area contributed by atoms with Gasteiger partial charge in [0, 0.05) is 5.56 Å². The summed E-state index contributed by atoms with van der Waals surface area (Å²) in [5.41, 5.74) is 0.564. The van der Waals surface area contributed by atoms with Crippen LogP contribution in [0.15, 0.2) is 30.0 Å². The summed E-state index contributed by atoms with van der Waals surface area (Å²) in [4.78, 5) is 33.7. The number of anilines is 1. The Bertz CT molecular complexity index is 579. The highest BCUT2D eigenvalue weighted by Gasteiger charge is 2.15. The first-order valence-corrected chi connectivity index (χ1v) is 5.84. The predicted octanol–water partition coefficient (Wildman–Crippen LogP) is 1.15. The lowest BCUT2D eigenvalue weighted by atomic mass is 10.2.